The molecule has 0 radical (unpaired) electrons. The summed E-state index contributed by atoms with van der Waals surface area (Å²) in [4.78, 5) is 2.50. The van der Waals surface area contributed by atoms with Crippen LogP contribution >= 0.6 is 15.9 Å². The molecule has 19 heavy (non-hydrogen) atoms. The zero-order chi connectivity index (χ0) is 13.7. The molecule has 1 aromatic rings. The number of likely N-dealkylation sites (N-methyl/N-ethyl adjacent to an activating group) is 1. The van der Waals surface area contributed by atoms with Crippen LogP contribution in [0.3, 0.4) is 0 Å². The summed E-state index contributed by atoms with van der Waals surface area (Å²) < 4.78 is 1.17. The van der Waals surface area contributed by atoms with E-state index in [1.165, 1.54) is 35.8 Å². The number of nitrogens with one attached hydrogen (secondary N) is 1. The molecule has 2 unspecified atom stereocenters. The molecule has 0 amide bonds. The van der Waals surface area contributed by atoms with Crippen LogP contribution in [0.15, 0.2) is 28.7 Å². The van der Waals surface area contributed by atoms with Crippen molar-refractivity contribution in [2.75, 3.05) is 20.1 Å². The van der Waals surface area contributed by atoms with Crippen molar-refractivity contribution in [3.63, 3.8) is 0 Å². The molecule has 1 fully saturated rings. The second-order valence-corrected chi connectivity index (χ2v) is 6.48. The Kier molecular flexibility index (Phi) is 5.86. The lowest BCUT2D eigenvalue weighted by molar-refractivity contribution is 0.199. The van der Waals surface area contributed by atoms with Crippen molar-refractivity contribution < 1.29 is 0 Å². The van der Waals surface area contributed by atoms with Crippen LogP contribution in [0.4, 0.5) is 0 Å². The quantitative estimate of drug-likeness (QED) is 0.881. The van der Waals surface area contributed by atoms with Gasteiger partial charge in [-0.2, -0.15) is 0 Å². The monoisotopic (exact) mass is 324 g/mol. The van der Waals surface area contributed by atoms with E-state index in [-0.39, 0.29) is 0 Å². The highest BCUT2D eigenvalue weighted by molar-refractivity contribution is 9.10. The van der Waals surface area contributed by atoms with Gasteiger partial charge in [-0.15, -0.1) is 0 Å². The maximum Gasteiger partial charge on any atom is 0.0343 e. The molecule has 3 heteroatoms. The number of hydrogen-bond acceptors (Lipinski definition) is 2. The van der Waals surface area contributed by atoms with Crippen LogP contribution in [0.5, 0.6) is 0 Å². The molecule has 1 aromatic carbocycles. The zero-order valence-electron chi connectivity index (χ0n) is 12.0. The number of hydrogen-bond donors (Lipinski definition) is 1. The van der Waals surface area contributed by atoms with E-state index in [0.717, 1.165) is 13.0 Å². The van der Waals surface area contributed by atoms with Crippen molar-refractivity contribution in [1.82, 2.24) is 10.2 Å². The largest absolute Gasteiger partial charge is 0.313 e. The molecular formula is C16H25BrN2. The molecule has 0 aliphatic carbocycles. The fourth-order valence-electron chi connectivity index (χ4n) is 3.07. The van der Waals surface area contributed by atoms with Crippen LogP contribution in [0.2, 0.25) is 0 Å². The van der Waals surface area contributed by atoms with Gasteiger partial charge in [0.15, 0.2) is 0 Å². The molecule has 1 heterocycles. The van der Waals surface area contributed by atoms with E-state index in [1.54, 1.807) is 0 Å². The Morgan fingerprint density at radius 1 is 1.42 bits per heavy atom. The Balaban J connectivity index is 1.99. The lowest BCUT2D eigenvalue weighted by atomic mass is 10.0. The molecule has 2 nitrogen and oxygen atoms in total. The number of piperidine rings is 1. The van der Waals surface area contributed by atoms with Crippen LogP contribution < -0.4 is 5.32 Å². The van der Waals surface area contributed by atoms with E-state index in [1.807, 2.05) is 0 Å². The molecule has 106 valence electrons. The predicted octanol–water partition coefficient (Wildman–Crippen LogP) is 3.97. The number of nitrogens with zero attached hydrogens (tertiary/aromatic N) is 1. The fourth-order valence-corrected chi connectivity index (χ4v) is 3.49. The van der Waals surface area contributed by atoms with Gasteiger partial charge in [-0.3, -0.25) is 4.90 Å². The minimum absolute atomic E-state index is 0.515. The van der Waals surface area contributed by atoms with E-state index in [9.17, 15) is 0 Å². The first-order valence-electron chi connectivity index (χ1n) is 7.39. The smallest absolute Gasteiger partial charge is 0.0343 e. The fraction of sp³-hybridized carbons (Fsp3) is 0.625. The predicted molar refractivity (Wildman–Crippen MR) is 85.4 cm³/mol. The van der Waals surface area contributed by atoms with E-state index in [2.05, 4.69) is 64.4 Å². The summed E-state index contributed by atoms with van der Waals surface area (Å²) in [6.45, 7) is 4.60. The second-order valence-electron chi connectivity index (χ2n) is 5.57. The zero-order valence-corrected chi connectivity index (χ0v) is 13.6. The summed E-state index contributed by atoms with van der Waals surface area (Å²) in [5.41, 5.74) is 1.41. The average Bonchev–Trinajstić information content (AvgIpc) is 2.41. The summed E-state index contributed by atoms with van der Waals surface area (Å²) in [6.07, 6.45) is 5.18. The molecule has 1 aliphatic heterocycles. The second kappa shape index (κ2) is 7.41. The van der Waals surface area contributed by atoms with Crippen LogP contribution in [-0.2, 0) is 0 Å². The summed E-state index contributed by atoms with van der Waals surface area (Å²) in [7, 11) is 2.26. The van der Waals surface area contributed by atoms with Gasteiger partial charge in [0.05, 0.1) is 0 Å². The maximum absolute atomic E-state index is 3.64. The van der Waals surface area contributed by atoms with Crippen molar-refractivity contribution in [2.45, 2.75) is 44.7 Å². The standard InChI is InChI=1S/C16H25BrN2/c1-3-16(13-7-6-8-14(17)11-13)19(2)12-15-9-4-5-10-18-15/h6-8,11,15-16,18H,3-5,9-10,12H2,1-2H3. The van der Waals surface area contributed by atoms with E-state index < -0.39 is 0 Å². The molecule has 0 saturated carbocycles. The third-order valence-corrected chi connectivity index (χ3v) is 4.57. The van der Waals surface area contributed by atoms with Crippen LogP contribution in [0.1, 0.15) is 44.2 Å². The third-order valence-electron chi connectivity index (χ3n) is 4.07. The van der Waals surface area contributed by atoms with Crippen molar-refractivity contribution in [1.29, 1.82) is 0 Å². The molecule has 1 saturated heterocycles. The van der Waals surface area contributed by atoms with Gasteiger partial charge < -0.3 is 5.32 Å². The van der Waals surface area contributed by atoms with Gasteiger partial charge in [-0.25, -0.2) is 0 Å². The van der Waals surface area contributed by atoms with E-state index in [4.69, 9.17) is 0 Å². The van der Waals surface area contributed by atoms with Crippen molar-refractivity contribution in [3.8, 4) is 0 Å². The van der Waals surface area contributed by atoms with Crippen LogP contribution in [-0.4, -0.2) is 31.1 Å². The summed E-state index contributed by atoms with van der Waals surface area (Å²) in [5, 5.41) is 3.64. The summed E-state index contributed by atoms with van der Waals surface area (Å²) in [5.74, 6) is 0. The van der Waals surface area contributed by atoms with Gasteiger partial charge >= 0.3 is 0 Å². The highest BCUT2D eigenvalue weighted by atomic mass is 79.9. The van der Waals surface area contributed by atoms with E-state index >= 15 is 0 Å². The SMILES string of the molecule is CCC(c1cccc(Br)c1)N(C)CC1CCCCN1. The average molecular weight is 325 g/mol. The Labute approximate surface area is 125 Å². The highest BCUT2D eigenvalue weighted by Gasteiger charge is 2.20. The van der Waals surface area contributed by atoms with Gasteiger partial charge in [-0.05, 0) is 50.6 Å². The Morgan fingerprint density at radius 2 is 2.26 bits per heavy atom. The van der Waals surface area contributed by atoms with Gasteiger partial charge in [0.1, 0.15) is 0 Å². The molecular weight excluding hydrogens is 300 g/mol. The summed E-state index contributed by atoms with van der Waals surface area (Å²) in [6, 6.07) is 9.90. The first-order valence-corrected chi connectivity index (χ1v) is 8.19. The number of halogens is 1. The molecule has 1 N–H and O–H groups in total. The van der Waals surface area contributed by atoms with Crippen LogP contribution in [0.25, 0.3) is 0 Å². The van der Waals surface area contributed by atoms with Crippen molar-refractivity contribution >= 4 is 15.9 Å². The molecule has 0 bridgehead atoms. The first-order chi connectivity index (χ1) is 9.20. The van der Waals surface area contributed by atoms with E-state index in [0.29, 0.717) is 12.1 Å². The summed E-state index contributed by atoms with van der Waals surface area (Å²) >= 11 is 3.58. The van der Waals surface area contributed by atoms with Crippen molar-refractivity contribution in [2.24, 2.45) is 0 Å². The maximum atomic E-state index is 3.64. The van der Waals surface area contributed by atoms with Gasteiger partial charge in [0.25, 0.3) is 0 Å². The van der Waals surface area contributed by atoms with Gasteiger partial charge in [-0.1, -0.05) is 41.4 Å². The molecule has 2 rings (SSSR count). The Hall–Kier alpha value is -0.380. The third kappa shape index (κ3) is 4.30. The topological polar surface area (TPSA) is 15.3 Å². The van der Waals surface area contributed by atoms with Crippen LogP contribution in [0, 0.1) is 0 Å². The lowest BCUT2D eigenvalue weighted by Gasteiger charge is -2.33. The molecule has 0 spiro atoms. The Morgan fingerprint density at radius 3 is 2.89 bits per heavy atom. The molecule has 2 atom stereocenters. The highest BCUT2D eigenvalue weighted by Crippen LogP contribution is 2.26. The normalized spacial score (nSPS) is 21.6. The minimum Gasteiger partial charge on any atom is -0.313 e. The van der Waals surface area contributed by atoms with Crippen molar-refractivity contribution in [3.05, 3.63) is 34.3 Å². The molecule has 0 aromatic heterocycles. The minimum atomic E-state index is 0.515. The first kappa shape index (κ1) is 15.0. The molecule has 1 aliphatic rings. The number of rotatable bonds is 5. The Bertz CT molecular complexity index is 388. The lowest BCUT2D eigenvalue weighted by Crippen LogP contribution is -2.43. The van der Waals surface area contributed by atoms with Gasteiger partial charge in [0, 0.05) is 23.1 Å². The van der Waals surface area contributed by atoms with Gasteiger partial charge in [0.2, 0.25) is 0 Å². The number of benzene rings is 1.